The molecule has 126 valence electrons. The average Bonchev–Trinajstić information content (AvgIpc) is 2.57. The Labute approximate surface area is 150 Å². The van der Waals surface area contributed by atoms with E-state index in [0.29, 0.717) is 25.1 Å². The number of rotatable bonds is 7. The summed E-state index contributed by atoms with van der Waals surface area (Å²) in [6.07, 6.45) is 1.04. The minimum Gasteiger partial charge on any atom is -0.338 e. The molecule has 0 unspecified atom stereocenters. The van der Waals surface area contributed by atoms with Crippen molar-refractivity contribution in [2.75, 3.05) is 13.1 Å². The van der Waals surface area contributed by atoms with E-state index < -0.39 is 0 Å². The molecule has 2 amide bonds. The van der Waals surface area contributed by atoms with Gasteiger partial charge in [0.05, 0.1) is 0 Å². The van der Waals surface area contributed by atoms with Crippen LogP contribution >= 0.6 is 15.9 Å². The number of aryl methyl sites for hydroxylation is 1. The SMILES string of the molecule is Cc1ccc(C(=O)CCNC(=O)NCCc2ccccc2Br)cc1. The number of carbonyl (C=O) groups is 2. The molecule has 2 N–H and O–H groups in total. The molecule has 2 rings (SSSR count). The summed E-state index contributed by atoms with van der Waals surface area (Å²) >= 11 is 3.48. The lowest BCUT2D eigenvalue weighted by atomic mass is 10.1. The predicted molar refractivity (Wildman–Crippen MR) is 99.4 cm³/mol. The maximum atomic E-state index is 12.0. The molecule has 0 bridgehead atoms. The van der Waals surface area contributed by atoms with Crippen molar-refractivity contribution in [1.29, 1.82) is 0 Å². The predicted octanol–water partition coefficient (Wildman–Crippen LogP) is 3.87. The monoisotopic (exact) mass is 388 g/mol. The van der Waals surface area contributed by atoms with E-state index in [1.165, 1.54) is 0 Å². The lowest BCUT2D eigenvalue weighted by Crippen LogP contribution is -2.37. The van der Waals surface area contributed by atoms with Gasteiger partial charge in [0, 0.05) is 29.5 Å². The Morgan fingerprint density at radius 3 is 2.33 bits per heavy atom. The zero-order valence-corrected chi connectivity index (χ0v) is 15.2. The Balaban J connectivity index is 1.65. The third kappa shape index (κ3) is 5.81. The van der Waals surface area contributed by atoms with Gasteiger partial charge in [0.15, 0.2) is 5.78 Å². The first-order valence-corrected chi connectivity index (χ1v) is 8.70. The minimum absolute atomic E-state index is 0.0310. The van der Waals surface area contributed by atoms with E-state index in [1.54, 1.807) is 0 Å². The van der Waals surface area contributed by atoms with Crippen LogP contribution in [-0.4, -0.2) is 24.9 Å². The molecule has 5 heteroatoms. The van der Waals surface area contributed by atoms with Gasteiger partial charge in [-0.15, -0.1) is 0 Å². The van der Waals surface area contributed by atoms with Crippen LogP contribution in [0.4, 0.5) is 4.79 Å². The number of Topliss-reactive ketones (excluding diaryl/α,β-unsaturated/α-hetero) is 1. The summed E-state index contributed by atoms with van der Waals surface area (Å²) in [4.78, 5) is 23.7. The zero-order chi connectivity index (χ0) is 17.4. The van der Waals surface area contributed by atoms with Gasteiger partial charge in [0.1, 0.15) is 0 Å². The number of urea groups is 1. The molecule has 0 fully saturated rings. The fourth-order valence-corrected chi connectivity index (χ4v) is 2.73. The molecular weight excluding hydrogens is 368 g/mol. The van der Waals surface area contributed by atoms with Gasteiger partial charge in [0.2, 0.25) is 0 Å². The number of nitrogens with one attached hydrogen (secondary N) is 2. The van der Waals surface area contributed by atoms with Crippen molar-refractivity contribution in [1.82, 2.24) is 10.6 Å². The van der Waals surface area contributed by atoms with Gasteiger partial charge in [-0.05, 0) is 25.0 Å². The van der Waals surface area contributed by atoms with Crippen LogP contribution in [0, 0.1) is 6.92 Å². The Morgan fingerprint density at radius 1 is 0.958 bits per heavy atom. The van der Waals surface area contributed by atoms with Crippen LogP contribution in [-0.2, 0) is 6.42 Å². The molecule has 0 saturated heterocycles. The molecule has 0 radical (unpaired) electrons. The molecule has 0 atom stereocenters. The van der Waals surface area contributed by atoms with Crippen molar-refractivity contribution in [3.05, 3.63) is 69.7 Å². The number of ketones is 1. The third-order valence-corrected chi connectivity index (χ3v) is 4.42. The van der Waals surface area contributed by atoms with Gasteiger partial charge in [-0.1, -0.05) is 64.0 Å². The van der Waals surface area contributed by atoms with Crippen molar-refractivity contribution in [2.24, 2.45) is 0 Å². The largest absolute Gasteiger partial charge is 0.338 e. The topological polar surface area (TPSA) is 58.2 Å². The van der Waals surface area contributed by atoms with Crippen molar-refractivity contribution in [3.8, 4) is 0 Å². The van der Waals surface area contributed by atoms with E-state index in [-0.39, 0.29) is 11.8 Å². The summed E-state index contributed by atoms with van der Waals surface area (Å²) in [5, 5.41) is 5.51. The van der Waals surface area contributed by atoms with Crippen LogP contribution in [0.3, 0.4) is 0 Å². The first-order valence-electron chi connectivity index (χ1n) is 7.91. The van der Waals surface area contributed by atoms with E-state index in [1.807, 2.05) is 55.5 Å². The van der Waals surface area contributed by atoms with E-state index in [9.17, 15) is 9.59 Å². The lowest BCUT2D eigenvalue weighted by Gasteiger charge is -2.08. The summed E-state index contributed by atoms with van der Waals surface area (Å²) in [7, 11) is 0. The smallest absolute Gasteiger partial charge is 0.314 e. The summed E-state index contributed by atoms with van der Waals surface area (Å²) in [6.45, 7) is 2.85. The van der Waals surface area contributed by atoms with E-state index >= 15 is 0 Å². The Bertz CT molecular complexity index is 699. The standard InChI is InChI=1S/C19H21BrN2O2/c1-14-6-8-16(9-7-14)18(23)11-13-22-19(24)21-12-10-15-4-2-3-5-17(15)20/h2-9H,10-13H2,1H3,(H2,21,22,24). The van der Waals surface area contributed by atoms with E-state index in [0.717, 1.165) is 22.0 Å². The van der Waals surface area contributed by atoms with E-state index in [4.69, 9.17) is 0 Å². The van der Waals surface area contributed by atoms with Crippen LogP contribution in [0.2, 0.25) is 0 Å². The lowest BCUT2D eigenvalue weighted by molar-refractivity contribution is 0.0983. The number of halogens is 1. The van der Waals surface area contributed by atoms with E-state index in [2.05, 4.69) is 26.6 Å². The van der Waals surface area contributed by atoms with Crippen LogP contribution in [0.5, 0.6) is 0 Å². The van der Waals surface area contributed by atoms with Crippen molar-refractivity contribution in [3.63, 3.8) is 0 Å². The molecule has 0 saturated carbocycles. The highest BCUT2D eigenvalue weighted by Gasteiger charge is 2.07. The second kappa shape index (κ2) is 9.23. The molecule has 2 aromatic carbocycles. The van der Waals surface area contributed by atoms with Gasteiger partial charge >= 0.3 is 6.03 Å². The van der Waals surface area contributed by atoms with Crippen LogP contribution in [0.15, 0.2) is 53.0 Å². The number of hydrogen-bond donors (Lipinski definition) is 2. The zero-order valence-electron chi connectivity index (χ0n) is 13.6. The number of hydrogen-bond acceptors (Lipinski definition) is 2. The minimum atomic E-state index is -0.251. The molecule has 0 heterocycles. The number of carbonyl (C=O) groups excluding carboxylic acids is 2. The highest BCUT2D eigenvalue weighted by Crippen LogP contribution is 2.15. The average molecular weight is 389 g/mol. The van der Waals surface area contributed by atoms with Gasteiger partial charge in [-0.25, -0.2) is 4.79 Å². The van der Waals surface area contributed by atoms with Crippen molar-refractivity contribution in [2.45, 2.75) is 19.8 Å². The maximum absolute atomic E-state index is 12.0. The molecule has 0 aliphatic heterocycles. The van der Waals surface area contributed by atoms with Crippen molar-refractivity contribution >= 4 is 27.7 Å². The second-order valence-corrected chi connectivity index (χ2v) is 6.42. The third-order valence-electron chi connectivity index (χ3n) is 3.65. The van der Waals surface area contributed by atoms with Crippen LogP contribution < -0.4 is 10.6 Å². The molecular formula is C19H21BrN2O2. The molecule has 0 aromatic heterocycles. The molecule has 0 spiro atoms. The first kappa shape index (κ1) is 18.2. The Morgan fingerprint density at radius 2 is 1.62 bits per heavy atom. The van der Waals surface area contributed by atoms with Gasteiger partial charge in [-0.2, -0.15) is 0 Å². The summed E-state index contributed by atoms with van der Waals surface area (Å²) in [5.41, 5.74) is 2.94. The Hall–Kier alpha value is -2.14. The first-order chi connectivity index (χ1) is 11.6. The molecule has 0 aliphatic carbocycles. The van der Waals surface area contributed by atoms with Gasteiger partial charge in [0.25, 0.3) is 0 Å². The van der Waals surface area contributed by atoms with Gasteiger partial charge < -0.3 is 10.6 Å². The summed E-state index contributed by atoms with van der Waals surface area (Å²) in [5.74, 6) is 0.0310. The Kier molecular flexibility index (Phi) is 7.00. The fraction of sp³-hybridized carbons (Fsp3) is 0.263. The van der Waals surface area contributed by atoms with Gasteiger partial charge in [-0.3, -0.25) is 4.79 Å². The second-order valence-electron chi connectivity index (χ2n) is 5.56. The number of benzene rings is 2. The highest BCUT2D eigenvalue weighted by atomic mass is 79.9. The number of amides is 2. The molecule has 24 heavy (non-hydrogen) atoms. The van der Waals surface area contributed by atoms with Crippen LogP contribution in [0.1, 0.15) is 27.9 Å². The maximum Gasteiger partial charge on any atom is 0.314 e. The quantitative estimate of drug-likeness (QED) is 0.707. The molecule has 4 nitrogen and oxygen atoms in total. The fourth-order valence-electron chi connectivity index (χ4n) is 2.25. The van der Waals surface area contributed by atoms with Crippen molar-refractivity contribution < 1.29 is 9.59 Å². The molecule has 2 aromatic rings. The summed E-state index contributed by atoms with van der Waals surface area (Å²) in [6, 6.07) is 15.1. The normalized spacial score (nSPS) is 10.2. The highest BCUT2D eigenvalue weighted by molar-refractivity contribution is 9.10. The van der Waals surface area contributed by atoms with Crippen LogP contribution in [0.25, 0.3) is 0 Å². The summed E-state index contributed by atoms with van der Waals surface area (Å²) < 4.78 is 1.04. The molecule has 0 aliphatic rings.